The number of anilines is 1. The van der Waals surface area contributed by atoms with Crippen LogP contribution in [0.15, 0.2) is 54.6 Å². The lowest BCUT2D eigenvalue weighted by molar-refractivity contribution is -0.145. The number of aliphatic carboxylic acids is 1. The lowest BCUT2D eigenvalue weighted by atomic mass is 9.83. The summed E-state index contributed by atoms with van der Waals surface area (Å²) in [7, 11) is 0. The predicted molar refractivity (Wildman–Crippen MR) is 154 cm³/mol. The molecule has 2 aromatic carbocycles. The van der Waals surface area contributed by atoms with Gasteiger partial charge in [0.1, 0.15) is 6.04 Å². The summed E-state index contributed by atoms with van der Waals surface area (Å²) in [6, 6.07) is 19.5. The van der Waals surface area contributed by atoms with E-state index in [2.05, 4.69) is 69.3 Å². The molecule has 1 saturated carbocycles. The molecule has 204 valence electrons. The topological polar surface area (TPSA) is 47.0 Å². The molecule has 0 radical (unpaired) electrons. The van der Waals surface area contributed by atoms with Crippen LogP contribution in [0.1, 0.15) is 62.0 Å². The molecular formula is C33H45N3O2. The molecule has 2 saturated heterocycles. The number of carboxylic acid groups (broad SMARTS) is 1. The van der Waals surface area contributed by atoms with E-state index in [9.17, 15) is 9.90 Å². The Hall–Kier alpha value is -2.37. The highest BCUT2D eigenvalue weighted by atomic mass is 16.4. The first-order chi connectivity index (χ1) is 18.7. The third-order valence-electron chi connectivity index (χ3n) is 10.1. The van der Waals surface area contributed by atoms with Gasteiger partial charge < -0.3 is 14.9 Å². The van der Waals surface area contributed by atoms with Gasteiger partial charge in [0.05, 0.1) is 0 Å². The summed E-state index contributed by atoms with van der Waals surface area (Å²) in [6.45, 7) is 7.58. The van der Waals surface area contributed by atoms with Gasteiger partial charge in [-0.05, 0) is 80.1 Å². The zero-order valence-electron chi connectivity index (χ0n) is 22.9. The summed E-state index contributed by atoms with van der Waals surface area (Å²) in [5.74, 6) is 1.38. The molecule has 3 aliphatic heterocycles. The fraction of sp³-hybridized carbons (Fsp3) is 0.606. The Morgan fingerprint density at radius 2 is 1.58 bits per heavy atom. The van der Waals surface area contributed by atoms with Crippen molar-refractivity contribution >= 4 is 11.7 Å². The van der Waals surface area contributed by atoms with Crippen LogP contribution in [0.2, 0.25) is 0 Å². The van der Waals surface area contributed by atoms with E-state index in [1.165, 1.54) is 81.5 Å². The molecule has 5 nitrogen and oxygen atoms in total. The molecule has 0 aromatic heterocycles. The van der Waals surface area contributed by atoms with Crippen LogP contribution in [0.3, 0.4) is 0 Å². The maximum Gasteiger partial charge on any atom is 0.321 e. The third-order valence-corrected chi connectivity index (χ3v) is 10.1. The highest BCUT2D eigenvalue weighted by Crippen LogP contribution is 2.39. The van der Waals surface area contributed by atoms with Crippen LogP contribution in [0.25, 0.3) is 0 Å². The monoisotopic (exact) mass is 515 g/mol. The number of hydrogen-bond donors (Lipinski definition) is 1. The molecule has 1 aliphatic carbocycles. The number of rotatable bonds is 8. The minimum absolute atomic E-state index is 0.308. The average Bonchev–Trinajstić information content (AvgIpc) is 3.55. The number of hydrogen-bond acceptors (Lipinski definition) is 4. The van der Waals surface area contributed by atoms with Gasteiger partial charge in [0.2, 0.25) is 0 Å². The third kappa shape index (κ3) is 5.65. The van der Waals surface area contributed by atoms with Crippen molar-refractivity contribution in [3.8, 4) is 0 Å². The number of para-hydroxylation sites is 1. The van der Waals surface area contributed by atoms with Crippen LogP contribution >= 0.6 is 0 Å². The number of likely N-dealkylation sites (tertiary alicyclic amines) is 2. The number of carbonyl (C=O) groups is 1. The van der Waals surface area contributed by atoms with Gasteiger partial charge in [-0.1, -0.05) is 67.8 Å². The van der Waals surface area contributed by atoms with Crippen molar-refractivity contribution in [3.63, 3.8) is 0 Å². The van der Waals surface area contributed by atoms with E-state index in [0.717, 1.165) is 38.4 Å². The first-order valence-corrected chi connectivity index (χ1v) is 15.2. The van der Waals surface area contributed by atoms with Crippen molar-refractivity contribution in [2.24, 2.45) is 17.8 Å². The van der Waals surface area contributed by atoms with Crippen LogP contribution in [0.4, 0.5) is 5.69 Å². The predicted octanol–water partition coefficient (Wildman–Crippen LogP) is 5.51. The highest BCUT2D eigenvalue weighted by Gasteiger charge is 2.43. The number of piperidine rings is 1. The van der Waals surface area contributed by atoms with Gasteiger partial charge in [-0.25, -0.2) is 0 Å². The SMILES string of the molecule is O=C(O)C(C1CCCCC1)N1CC(CN2CCC(CN3CCc4ccccc43)CC2)C(c2ccccc2)C1. The van der Waals surface area contributed by atoms with Crippen molar-refractivity contribution in [3.05, 3.63) is 65.7 Å². The molecule has 1 N–H and O–H groups in total. The lowest BCUT2D eigenvalue weighted by Gasteiger charge is -2.36. The first kappa shape index (κ1) is 25.9. The molecule has 0 amide bonds. The largest absolute Gasteiger partial charge is 0.480 e. The minimum Gasteiger partial charge on any atom is -0.480 e. The smallest absolute Gasteiger partial charge is 0.321 e. The Labute approximate surface area is 228 Å². The Balaban J connectivity index is 1.09. The molecular weight excluding hydrogens is 470 g/mol. The summed E-state index contributed by atoms with van der Waals surface area (Å²) < 4.78 is 0. The van der Waals surface area contributed by atoms with Gasteiger partial charge in [0.15, 0.2) is 0 Å². The molecule has 0 bridgehead atoms. The average molecular weight is 516 g/mol. The summed E-state index contributed by atoms with van der Waals surface area (Å²) in [6.07, 6.45) is 9.50. The molecule has 3 fully saturated rings. The summed E-state index contributed by atoms with van der Waals surface area (Å²) >= 11 is 0. The molecule has 0 spiro atoms. The molecule has 3 heterocycles. The van der Waals surface area contributed by atoms with E-state index >= 15 is 0 Å². The van der Waals surface area contributed by atoms with Crippen LogP contribution in [0, 0.1) is 17.8 Å². The van der Waals surface area contributed by atoms with Crippen LogP contribution in [-0.4, -0.2) is 72.7 Å². The van der Waals surface area contributed by atoms with Crippen molar-refractivity contribution in [2.45, 2.75) is 63.3 Å². The normalized spacial score (nSPS) is 26.5. The maximum absolute atomic E-state index is 12.5. The Bertz CT molecular complexity index is 1060. The summed E-state index contributed by atoms with van der Waals surface area (Å²) in [4.78, 5) is 20.2. The highest BCUT2D eigenvalue weighted by molar-refractivity contribution is 5.74. The second kappa shape index (κ2) is 11.8. The van der Waals surface area contributed by atoms with Gasteiger partial charge in [0, 0.05) is 44.3 Å². The van der Waals surface area contributed by atoms with Crippen LogP contribution in [0.5, 0.6) is 0 Å². The molecule has 4 aliphatic rings. The molecule has 38 heavy (non-hydrogen) atoms. The Morgan fingerprint density at radius 3 is 2.34 bits per heavy atom. The first-order valence-electron chi connectivity index (χ1n) is 15.2. The van der Waals surface area contributed by atoms with Gasteiger partial charge >= 0.3 is 5.97 Å². The van der Waals surface area contributed by atoms with Gasteiger partial charge in [-0.15, -0.1) is 0 Å². The van der Waals surface area contributed by atoms with E-state index < -0.39 is 5.97 Å². The summed E-state index contributed by atoms with van der Waals surface area (Å²) in [5, 5.41) is 10.3. The van der Waals surface area contributed by atoms with Crippen molar-refractivity contribution < 1.29 is 9.90 Å². The van der Waals surface area contributed by atoms with Crippen LogP contribution in [-0.2, 0) is 11.2 Å². The number of carboxylic acids is 1. The zero-order valence-corrected chi connectivity index (χ0v) is 22.9. The summed E-state index contributed by atoms with van der Waals surface area (Å²) in [5.41, 5.74) is 4.35. The quantitative estimate of drug-likeness (QED) is 0.502. The van der Waals surface area contributed by atoms with E-state index in [4.69, 9.17) is 0 Å². The molecule has 3 atom stereocenters. The fourth-order valence-electron chi connectivity index (χ4n) is 8.09. The van der Waals surface area contributed by atoms with Crippen LogP contribution < -0.4 is 4.90 Å². The molecule has 2 aromatic rings. The van der Waals surface area contributed by atoms with Crippen molar-refractivity contribution in [1.29, 1.82) is 0 Å². The van der Waals surface area contributed by atoms with Gasteiger partial charge in [0.25, 0.3) is 0 Å². The molecule has 6 rings (SSSR count). The van der Waals surface area contributed by atoms with E-state index in [-0.39, 0.29) is 6.04 Å². The number of benzene rings is 2. The second-order valence-corrected chi connectivity index (χ2v) is 12.5. The number of nitrogens with zero attached hydrogens (tertiary/aromatic N) is 3. The van der Waals surface area contributed by atoms with E-state index in [1.54, 1.807) is 0 Å². The van der Waals surface area contributed by atoms with E-state index in [1.807, 2.05) is 0 Å². The molecule has 5 heteroatoms. The second-order valence-electron chi connectivity index (χ2n) is 12.5. The Kier molecular flexibility index (Phi) is 8.03. The maximum atomic E-state index is 12.5. The number of fused-ring (bicyclic) bond motifs is 1. The zero-order chi connectivity index (χ0) is 25.9. The standard InChI is InChI=1S/C33H45N3O2/c37-33(38)32(28-12-5-2-6-13-28)36-23-29(30(24-36)26-9-3-1-4-10-26)22-34-18-15-25(16-19-34)21-35-20-17-27-11-7-8-14-31(27)35/h1,3-4,7-11,14,25,28-30,32H,2,5-6,12-13,15-24H2,(H,37,38). The minimum atomic E-state index is -0.603. The van der Waals surface area contributed by atoms with Gasteiger partial charge in [-0.2, -0.15) is 0 Å². The van der Waals surface area contributed by atoms with E-state index in [0.29, 0.717) is 17.8 Å². The van der Waals surface area contributed by atoms with Crippen molar-refractivity contribution in [1.82, 2.24) is 9.80 Å². The van der Waals surface area contributed by atoms with Crippen molar-refractivity contribution in [2.75, 3.05) is 50.7 Å². The fourth-order valence-corrected chi connectivity index (χ4v) is 8.09. The Morgan fingerprint density at radius 1 is 0.842 bits per heavy atom. The van der Waals surface area contributed by atoms with Gasteiger partial charge in [-0.3, -0.25) is 9.69 Å². The molecule has 3 unspecified atom stereocenters. The lowest BCUT2D eigenvalue weighted by Crippen LogP contribution is -2.46.